The van der Waals surface area contributed by atoms with E-state index in [0.717, 1.165) is 0 Å². The van der Waals surface area contributed by atoms with Crippen LogP contribution in [0, 0.1) is 0 Å². The Labute approximate surface area is 96.1 Å². The number of ether oxygens (including phenoxy) is 2. The SMILES string of the molecule is Nc1cc2c(cc1C(F)(F)F)OC(F)(F)C(F)O2. The van der Waals surface area contributed by atoms with E-state index in [2.05, 4.69) is 9.47 Å². The number of halogens is 6. The first-order valence-electron chi connectivity index (χ1n) is 4.49. The number of nitrogens with two attached hydrogens (primary N) is 1. The lowest BCUT2D eigenvalue weighted by molar-refractivity contribution is -0.281. The van der Waals surface area contributed by atoms with Crippen molar-refractivity contribution in [2.45, 2.75) is 18.6 Å². The molecule has 1 unspecified atom stereocenters. The molecule has 0 saturated carbocycles. The van der Waals surface area contributed by atoms with Crippen LogP contribution in [0.1, 0.15) is 5.56 Å². The number of fused-ring (bicyclic) bond motifs is 1. The summed E-state index contributed by atoms with van der Waals surface area (Å²) in [6.45, 7) is 0. The van der Waals surface area contributed by atoms with Crippen LogP contribution >= 0.6 is 0 Å². The summed E-state index contributed by atoms with van der Waals surface area (Å²) in [5.41, 5.74) is 2.94. The Morgan fingerprint density at radius 3 is 2.33 bits per heavy atom. The number of alkyl halides is 6. The van der Waals surface area contributed by atoms with Gasteiger partial charge >= 0.3 is 18.6 Å². The molecule has 0 bridgehead atoms. The van der Waals surface area contributed by atoms with Crippen molar-refractivity contribution in [2.24, 2.45) is 0 Å². The molecule has 1 aliphatic rings. The number of anilines is 1. The summed E-state index contributed by atoms with van der Waals surface area (Å²) in [6.07, 6.45) is -12.3. The van der Waals surface area contributed by atoms with E-state index in [1.807, 2.05) is 0 Å². The van der Waals surface area contributed by atoms with E-state index in [4.69, 9.17) is 5.73 Å². The normalized spacial score (nSPS) is 21.8. The highest BCUT2D eigenvalue weighted by Crippen LogP contribution is 2.45. The molecule has 9 heteroatoms. The molecule has 2 N–H and O–H groups in total. The molecule has 0 radical (unpaired) electrons. The first-order chi connectivity index (χ1) is 8.11. The van der Waals surface area contributed by atoms with Gasteiger partial charge in [-0.15, -0.1) is 0 Å². The summed E-state index contributed by atoms with van der Waals surface area (Å²) >= 11 is 0. The first-order valence-corrected chi connectivity index (χ1v) is 4.49. The van der Waals surface area contributed by atoms with Crippen LogP contribution in [-0.4, -0.2) is 12.5 Å². The number of hydrogen-bond donors (Lipinski definition) is 1. The molecule has 1 aromatic carbocycles. The van der Waals surface area contributed by atoms with Gasteiger partial charge in [0.15, 0.2) is 11.5 Å². The van der Waals surface area contributed by atoms with E-state index < -0.39 is 41.4 Å². The Hall–Kier alpha value is -1.80. The molecular weight excluding hydrogens is 268 g/mol. The van der Waals surface area contributed by atoms with Crippen LogP contribution in [0.25, 0.3) is 0 Å². The van der Waals surface area contributed by atoms with Crippen molar-refractivity contribution in [3.05, 3.63) is 17.7 Å². The minimum atomic E-state index is -4.84. The van der Waals surface area contributed by atoms with Gasteiger partial charge in [0.25, 0.3) is 0 Å². The molecule has 1 heterocycles. The summed E-state index contributed by atoms with van der Waals surface area (Å²) in [6, 6.07) is 0.824. The van der Waals surface area contributed by atoms with Gasteiger partial charge in [-0.3, -0.25) is 0 Å². The molecule has 0 spiro atoms. The van der Waals surface area contributed by atoms with Crippen molar-refractivity contribution < 1.29 is 35.8 Å². The molecule has 100 valence electrons. The molecule has 0 aromatic heterocycles. The first kappa shape index (κ1) is 12.7. The molecule has 0 saturated heterocycles. The van der Waals surface area contributed by atoms with E-state index in [1.165, 1.54) is 0 Å². The fraction of sp³-hybridized carbons (Fsp3) is 0.333. The summed E-state index contributed by atoms with van der Waals surface area (Å²) in [5.74, 6) is -1.53. The third-order valence-electron chi connectivity index (χ3n) is 2.16. The summed E-state index contributed by atoms with van der Waals surface area (Å²) < 4.78 is 83.6. The average molecular weight is 273 g/mol. The van der Waals surface area contributed by atoms with Crippen molar-refractivity contribution >= 4 is 5.69 Å². The van der Waals surface area contributed by atoms with Gasteiger partial charge in [-0.1, -0.05) is 0 Å². The highest BCUT2D eigenvalue weighted by atomic mass is 19.4. The van der Waals surface area contributed by atoms with Crippen LogP contribution in [0.2, 0.25) is 0 Å². The quantitative estimate of drug-likeness (QED) is 0.584. The maximum atomic E-state index is 12.8. The summed E-state index contributed by atoms with van der Waals surface area (Å²) in [7, 11) is 0. The Bertz CT molecular complexity index is 487. The van der Waals surface area contributed by atoms with Crippen molar-refractivity contribution in [2.75, 3.05) is 5.73 Å². The molecule has 1 atom stereocenters. The Balaban J connectivity index is 2.50. The lowest BCUT2D eigenvalue weighted by Gasteiger charge is -2.29. The average Bonchev–Trinajstić information content (AvgIpc) is 2.18. The molecule has 1 aliphatic heterocycles. The van der Waals surface area contributed by atoms with Crippen molar-refractivity contribution in [3.63, 3.8) is 0 Å². The van der Waals surface area contributed by atoms with Crippen molar-refractivity contribution in [1.29, 1.82) is 0 Å². The van der Waals surface area contributed by atoms with Gasteiger partial charge in [0, 0.05) is 11.8 Å². The third kappa shape index (κ3) is 2.00. The zero-order chi connectivity index (χ0) is 13.7. The number of nitrogen functional groups attached to an aromatic ring is 1. The van der Waals surface area contributed by atoms with E-state index in [1.54, 1.807) is 0 Å². The molecule has 1 aromatic rings. The second-order valence-corrected chi connectivity index (χ2v) is 3.48. The second kappa shape index (κ2) is 3.59. The van der Waals surface area contributed by atoms with Crippen molar-refractivity contribution in [3.8, 4) is 11.5 Å². The summed E-state index contributed by atoms with van der Waals surface area (Å²) in [4.78, 5) is 0. The fourth-order valence-corrected chi connectivity index (χ4v) is 1.37. The van der Waals surface area contributed by atoms with Crippen LogP contribution in [0.15, 0.2) is 12.1 Å². The predicted octanol–water partition coefficient (Wildman–Crippen LogP) is 2.95. The topological polar surface area (TPSA) is 44.5 Å². The van der Waals surface area contributed by atoms with Crippen LogP contribution in [0.3, 0.4) is 0 Å². The largest absolute Gasteiger partial charge is 0.468 e. The maximum absolute atomic E-state index is 12.8. The van der Waals surface area contributed by atoms with Crippen molar-refractivity contribution in [1.82, 2.24) is 0 Å². The Kier molecular flexibility index (Phi) is 2.53. The second-order valence-electron chi connectivity index (χ2n) is 3.48. The van der Waals surface area contributed by atoms with Crippen LogP contribution in [0.4, 0.5) is 32.0 Å². The standard InChI is InChI=1S/C9H5F6NO2/c10-7-9(14,15)18-6-1-3(8(11,12)13)4(16)2-5(6)17-7/h1-2,7H,16H2. The third-order valence-corrected chi connectivity index (χ3v) is 2.16. The van der Waals surface area contributed by atoms with E-state index in [-0.39, 0.29) is 6.07 Å². The summed E-state index contributed by atoms with van der Waals surface area (Å²) in [5, 5.41) is 0. The minimum Gasteiger partial charge on any atom is -0.447 e. The lowest BCUT2D eigenvalue weighted by atomic mass is 10.1. The molecule has 3 nitrogen and oxygen atoms in total. The van der Waals surface area contributed by atoms with E-state index in [0.29, 0.717) is 6.07 Å². The molecule has 0 amide bonds. The molecular formula is C9H5F6NO2. The fourth-order valence-electron chi connectivity index (χ4n) is 1.37. The van der Waals surface area contributed by atoms with Gasteiger partial charge < -0.3 is 15.2 Å². The Morgan fingerprint density at radius 1 is 1.17 bits per heavy atom. The number of benzene rings is 1. The zero-order valence-electron chi connectivity index (χ0n) is 8.39. The number of rotatable bonds is 0. The van der Waals surface area contributed by atoms with Gasteiger partial charge in [-0.05, 0) is 6.07 Å². The molecule has 18 heavy (non-hydrogen) atoms. The molecule has 0 fully saturated rings. The zero-order valence-corrected chi connectivity index (χ0v) is 8.39. The Morgan fingerprint density at radius 2 is 1.78 bits per heavy atom. The maximum Gasteiger partial charge on any atom is 0.468 e. The van der Waals surface area contributed by atoms with E-state index >= 15 is 0 Å². The van der Waals surface area contributed by atoms with Gasteiger partial charge in [0.05, 0.1) is 5.56 Å². The highest BCUT2D eigenvalue weighted by Gasteiger charge is 2.50. The van der Waals surface area contributed by atoms with E-state index in [9.17, 15) is 26.3 Å². The van der Waals surface area contributed by atoms with Crippen LogP contribution in [-0.2, 0) is 6.18 Å². The highest BCUT2D eigenvalue weighted by molar-refractivity contribution is 5.59. The number of hydrogen-bond acceptors (Lipinski definition) is 3. The van der Waals surface area contributed by atoms with Gasteiger partial charge in [0.1, 0.15) is 0 Å². The van der Waals surface area contributed by atoms with Crippen LogP contribution < -0.4 is 15.2 Å². The smallest absolute Gasteiger partial charge is 0.447 e. The minimum absolute atomic E-state index is 0.241. The molecule has 0 aliphatic carbocycles. The van der Waals surface area contributed by atoms with Crippen LogP contribution in [0.5, 0.6) is 11.5 Å². The van der Waals surface area contributed by atoms with Gasteiger partial charge in [-0.25, -0.2) is 0 Å². The predicted molar refractivity (Wildman–Crippen MR) is 47.0 cm³/mol. The van der Waals surface area contributed by atoms with Gasteiger partial charge in [0.2, 0.25) is 0 Å². The van der Waals surface area contributed by atoms with Gasteiger partial charge in [-0.2, -0.15) is 26.3 Å². The lowest BCUT2D eigenvalue weighted by Crippen LogP contribution is -2.43. The molecule has 2 rings (SSSR count). The monoisotopic (exact) mass is 273 g/mol.